The molecule has 0 amide bonds. The van der Waals surface area contributed by atoms with Crippen molar-refractivity contribution in [2.45, 2.75) is 64.6 Å². The van der Waals surface area contributed by atoms with Crippen molar-refractivity contribution >= 4 is 5.78 Å². The third-order valence-electron chi connectivity index (χ3n) is 5.80. The van der Waals surface area contributed by atoms with Gasteiger partial charge in [0, 0.05) is 12.3 Å². The smallest absolute Gasteiger partial charge is 0.139 e. The van der Waals surface area contributed by atoms with Gasteiger partial charge in [-0.05, 0) is 43.9 Å². The van der Waals surface area contributed by atoms with Crippen LogP contribution in [-0.4, -0.2) is 17.0 Å². The summed E-state index contributed by atoms with van der Waals surface area (Å²) < 4.78 is 6.45. The Morgan fingerprint density at radius 2 is 2.06 bits per heavy atom. The monoisotopic (exact) mass is 236 g/mol. The van der Waals surface area contributed by atoms with Crippen LogP contribution in [0.4, 0.5) is 0 Å². The topological polar surface area (TPSA) is 26.3 Å². The molecular formula is C15H24O2. The molecule has 0 spiro atoms. The van der Waals surface area contributed by atoms with Gasteiger partial charge in [0.1, 0.15) is 5.78 Å². The number of fused-ring (bicyclic) bond motifs is 4. The molecule has 1 saturated carbocycles. The predicted octanol–water partition coefficient (Wildman–Crippen LogP) is 3.20. The lowest BCUT2D eigenvalue weighted by Gasteiger charge is -2.48. The lowest BCUT2D eigenvalue weighted by molar-refractivity contribution is -0.195. The van der Waals surface area contributed by atoms with Crippen molar-refractivity contribution in [2.75, 3.05) is 0 Å². The molecule has 5 unspecified atom stereocenters. The van der Waals surface area contributed by atoms with Gasteiger partial charge in [-0.2, -0.15) is 0 Å². The van der Waals surface area contributed by atoms with Gasteiger partial charge in [-0.3, -0.25) is 4.79 Å². The number of hydrogen-bond acceptors (Lipinski definition) is 2. The minimum absolute atomic E-state index is 0.0643. The summed E-state index contributed by atoms with van der Waals surface area (Å²) in [6.07, 6.45) is 4.11. The third kappa shape index (κ3) is 1.39. The SMILES string of the molecule is CC1CC(=O)C2C1CC1(C(C)C)CCC2(C)O1. The molecule has 2 nitrogen and oxygen atoms in total. The van der Waals surface area contributed by atoms with E-state index in [1.54, 1.807) is 0 Å². The van der Waals surface area contributed by atoms with E-state index in [1.165, 1.54) is 0 Å². The molecule has 17 heavy (non-hydrogen) atoms. The van der Waals surface area contributed by atoms with Gasteiger partial charge >= 0.3 is 0 Å². The standard InChI is InChI=1S/C15H24O2/c1-9(2)15-6-5-14(4,17-15)13-11(8-15)10(3)7-12(13)16/h9-11,13H,5-8H2,1-4H3. The van der Waals surface area contributed by atoms with Crippen molar-refractivity contribution in [3.8, 4) is 0 Å². The van der Waals surface area contributed by atoms with Crippen LogP contribution in [0.3, 0.4) is 0 Å². The molecule has 3 rings (SSSR count). The lowest BCUT2D eigenvalue weighted by Crippen LogP contribution is -2.52. The zero-order chi connectivity index (χ0) is 12.4. The fourth-order valence-corrected chi connectivity index (χ4v) is 4.71. The van der Waals surface area contributed by atoms with E-state index in [4.69, 9.17) is 4.74 Å². The molecule has 0 aromatic rings. The zero-order valence-corrected chi connectivity index (χ0v) is 11.5. The maximum Gasteiger partial charge on any atom is 0.139 e. The Morgan fingerprint density at radius 1 is 1.35 bits per heavy atom. The Balaban J connectivity index is 2.00. The van der Waals surface area contributed by atoms with Crippen LogP contribution in [0.5, 0.6) is 0 Å². The van der Waals surface area contributed by atoms with Crippen LogP contribution in [0.15, 0.2) is 0 Å². The van der Waals surface area contributed by atoms with Crippen molar-refractivity contribution in [1.29, 1.82) is 0 Å². The van der Waals surface area contributed by atoms with Gasteiger partial charge < -0.3 is 4.74 Å². The molecule has 0 radical (unpaired) electrons. The molecule has 2 heteroatoms. The van der Waals surface area contributed by atoms with Crippen LogP contribution in [0.25, 0.3) is 0 Å². The molecule has 2 saturated heterocycles. The van der Waals surface area contributed by atoms with E-state index in [0.29, 0.717) is 23.5 Å². The Labute approximate surface area is 104 Å². The highest BCUT2D eigenvalue weighted by atomic mass is 16.5. The molecule has 96 valence electrons. The summed E-state index contributed by atoms with van der Waals surface area (Å²) in [7, 11) is 0. The van der Waals surface area contributed by atoms with E-state index in [-0.39, 0.29) is 17.1 Å². The number of ketones is 1. The normalized spacial score (nSPS) is 53.2. The molecule has 1 aliphatic carbocycles. The van der Waals surface area contributed by atoms with Crippen LogP contribution in [0, 0.1) is 23.7 Å². The highest BCUT2D eigenvalue weighted by Gasteiger charge is 2.63. The highest BCUT2D eigenvalue weighted by molar-refractivity contribution is 5.85. The number of rotatable bonds is 1. The average Bonchev–Trinajstić information content (AvgIpc) is 2.66. The van der Waals surface area contributed by atoms with Crippen molar-refractivity contribution in [1.82, 2.24) is 0 Å². The Bertz CT molecular complexity index is 362. The van der Waals surface area contributed by atoms with E-state index in [9.17, 15) is 4.79 Å². The van der Waals surface area contributed by atoms with Gasteiger partial charge in [0.2, 0.25) is 0 Å². The van der Waals surface area contributed by atoms with Crippen LogP contribution in [0.2, 0.25) is 0 Å². The van der Waals surface area contributed by atoms with Gasteiger partial charge in [-0.15, -0.1) is 0 Å². The van der Waals surface area contributed by atoms with E-state index in [0.717, 1.165) is 25.7 Å². The first-order valence-corrected chi connectivity index (χ1v) is 7.11. The molecule has 3 aliphatic rings. The predicted molar refractivity (Wildman–Crippen MR) is 66.7 cm³/mol. The molecule has 0 aromatic carbocycles. The number of hydrogen-bond donors (Lipinski definition) is 0. The second kappa shape index (κ2) is 3.34. The van der Waals surface area contributed by atoms with E-state index in [1.807, 2.05) is 0 Å². The molecule has 2 heterocycles. The first-order chi connectivity index (χ1) is 7.88. The Morgan fingerprint density at radius 3 is 2.71 bits per heavy atom. The second-order valence-electron chi connectivity index (χ2n) is 7.13. The third-order valence-corrected chi connectivity index (χ3v) is 5.80. The molecule has 2 aliphatic heterocycles. The molecule has 2 bridgehead atoms. The van der Waals surface area contributed by atoms with Crippen LogP contribution in [0.1, 0.15) is 53.4 Å². The average molecular weight is 236 g/mol. The Kier molecular flexibility index (Phi) is 2.30. The number of carbonyl (C=O) groups excluding carboxylic acids is 1. The summed E-state index contributed by atoms with van der Waals surface area (Å²) in [6, 6.07) is 0. The molecule has 0 N–H and O–H groups in total. The summed E-state index contributed by atoms with van der Waals surface area (Å²) in [5.74, 6) is 2.35. The summed E-state index contributed by atoms with van der Waals surface area (Å²) in [5.41, 5.74) is -0.0934. The largest absolute Gasteiger partial charge is 0.368 e. The van der Waals surface area contributed by atoms with E-state index >= 15 is 0 Å². The van der Waals surface area contributed by atoms with Crippen LogP contribution in [-0.2, 0) is 9.53 Å². The number of Topliss-reactive ketones (excluding diaryl/α,β-unsaturated/α-hetero) is 1. The summed E-state index contributed by atoms with van der Waals surface area (Å²) in [6.45, 7) is 8.98. The second-order valence-corrected chi connectivity index (χ2v) is 7.13. The van der Waals surface area contributed by atoms with Crippen molar-refractivity contribution in [2.24, 2.45) is 23.7 Å². The maximum absolute atomic E-state index is 12.2. The number of ether oxygens (including phenoxy) is 1. The minimum atomic E-state index is -0.158. The van der Waals surface area contributed by atoms with Gasteiger partial charge in [-0.25, -0.2) is 0 Å². The van der Waals surface area contributed by atoms with Crippen LogP contribution < -0.4 is 0 Å². The molecule has 5 atom stereocenters. The zero-order valence-electron chi connectivity index (χ0n) is 11.5. The van der Waals surface area contributed by atoms with Gasteiger partial charge in [0.25, 0.3) is 0 Å². The fourth-order valence-electron chi connectivity index (χ4n) is 4.71. The maximum atomic E-state index is 12.2. The fraction of sp³-hybridized carbons (Fsp3) is 0.933. The lowest BCUT2D eigenvalue weighted by atomic mass is 9.72. The van der Waals surface area contributed by atoms with Gasteiger partial charge in [0.05, 0.1) is 11.2 Å². The van der Waals surface area contributed by atoms with Crippen molar-refractivity contribution in [3.05, 3.63) is 0 Å². The number of carbonyl (C=O) groups is 1. The first-order valence-electron chi connectivity index (χ1n) is 7.11. The summed E-state index contributed by atoms with van der Waals surface area (Å²) in [4.78, 5) is 12.2. The summed E-state index contributed by atoms with van der Waals surface area (Å²) >= 11 is 0. The molecule has 3 fully saturated rings. The van der Waals surface area contributed by atoms with Crippen LogP contribution >= 0.6 is 0 Å². The van der Waals surface area contributed by atoms with Crippen molar-refractivity contribution < 1.29 is 9.53 Å². The molecule has 0 aromatic heterocycles. The quantitative estimate of drug-likeness (QED) is 0.699. The highest BCUT2D eigenvalue weighted by Crippen LogP contribution is 2.60. The van der Waals surface area contributed by atoms with Gasteiger partial charge in [0.15, 0.2) is 0 Å². The van der Waals surface area contributed by atoms with E-state index in [2.05, 4.69) is 27.7 Å². The van der Waals surface area contributed by atoms with Crippen molar-refractivity contribution in [3.63, 3.8) is 0 Å². The summed E-state index contributed by atoms with van der Waals surface area (Å²) in [5, 5.41) is 0. The molecular weight excluding hydrogens is 212 g/mol. The first kappa shape index (κ1) is 11.7. The van der Waals surface area contributed by atoms with Gasteiger partial charge in [-0.1, -0.05) is 20.8 Å². The minimum Gasteiger partial charge on any atom is -0.368 e. The Hall–Kier alpha value is -0.370. The van der Waals surface area contributed by atoms with E-state index < -0.39 is 0 Å².